The Kier molecular flexibility index (Phi) is 3.82. The highest BCUT2D eigenvalue weighted by Crippen LogP contribution is 2.28. The van der Waals surface area contributed by atoms with Gasteiger partial charge in [-0.15, -0.1) is 0 Å². The monoisotopic (exact) mass is 315 g/mol. The van der Waals surface area contributed by atoms with Crippen molar-refractivity contribution in [3.05, 3.63) is 47.0 Å². The number of hydrogen-bond acceptors (Lipinski definition) is 4. The first kappa shape index (κ1) is 14.5. The Morgan fingerprint density at radius 2 is 2.10 bits per heavy atom. The minimum atomic E-state index is -3.96. The molecule has 0 radical (unpaired) electrons. The summed E-state index contributed by atoms with van der Waals surface area (Å²) in [5.74, 6) is -0.769. The number of aromatic nitrogens is 1. The van der Waals surface area contributed by atoms with Gasteiger partial charge in [0.25, 0.3) is 10.0 Å². The van der Waals surface area contributed by atoms with Gasteiger partial charge in [0.05, 0.1) is 16.4 Å². The number of sulfonamides is 1. The molecular weight excluding hydrogens is 305 g/mol. The maximum absolute atomic E-state index is 13.2. The van der Waals surface area contributed by atoms with E-state index < -0.39 is 15.8 Å². The lowest BCUT2D eigenvalue weighted by atomic mass is 10.3. The molecule has 1 aromatic carbocycles. The van der Waals surface area contributed by atoms with Crippen LogP contribution in [0.5, 0.6) is 0 Å². The smallest absolute Gasteiger partial charge is 0.263 e. The molecular formula is C12H11ClFN3O2S. The van der Waals surface area contributed by atoms with E-state index in [9.17, 15) is 12.8 Å². The van der Waals surface area contributed by atoms with Crippen LogP contribution in [0.3, 0.4) is 0 Å². The molecule has 2 rings (SSSR count). The summed E-state index contributed by atoms with van der Waals surface area (Å²) < 4.78 is 40.1. The first-order valence-electron chi connectivity index (χ1n) is 5.49. The van der Waals surface area contributed by atoms with E-state index in [-0.39, 0.29) is 15.6 Å². The van der Waals surface area contributed by atoms with Crippen molar-refractivity contribution in [2.75, 3.05) is 10.5 Å². The third kappa shape index (κ3) is 2.83. The third-order valence-corrected chi connectivity index (χ3v) is 4.44. The molecule has 0 unspecified atom stereocenters. The fraction of sp³-hybridized carbons (Fsp3) is 0.0833. The Morgan fingerprint density at radius 3 is 2.75 bits per heavy atom. The lowest BCUT2D eigenvalue weighted by Crippen LogP contribution is -2.15. The van der Waals surface area contributed by atoms with Crippen molar-refractivity contribution >= 4 is 33.0 Å². The number of halogens is 2. The number of anilines is 2. The van der Waals surface area contributed by atoms with Crippen molar-refractivity contribution in [3.8, 4) is 0 Å². The summed E-state index contributed by atoms with van der Waals surface area (Å²) in [4.78, 5) is 3.58. The van der Waals surface area contributed by atoms with Crippen LogP contribution in [-0.2, 0) is 10.0 Å². The zero-order valence-electron chi connectivity index (χ0n) is 10.4. The average Bonchev–Trinajstić information content (AvgIpc) is 2.36. The van der Waals surface area contributed by atoms with E-state index >= 15 is 0 Å². The molecule has 20 heavy (non-hydrogen) atoms. The van der Waals surface area contributed by atoms with Gasteiger partial charge in [0, 0.05) is 12.4 Å². The van der Waals surface area contributed by atoms with Gasteiger partial charge in [0.15, 0.2) is 0 Å². The van der Waals surface area contributed by atoms with Crippen LogP contribution in [0.15, 0.2) is 35.5 Å². The standard InChI is InChI=1S/C12H11ClFN3O2S/c1-7-6-16-3-2-11(7)17-20(18,19)12-5-10(15)9(14)4-8(12)13/h2-6H,15H2,1H3,(H,16,17). The molecule has 0 spiro atoms. The molecule has 0 aliphatic carbocycles. The lowest BCUT2D eigenvalue weighted by molar-refractivity contribution is 0.600. The van der Waals surface area contributed by atoms with Crippen LogP contribution in [0.2, 0.25) is 5.02 Å². The fourth-order valence-electron chi connectivity index (χ4n) is 1.54. The number of nitrogens with one attached hydrogen (secondary N) is 1. The van der Waals surface area contributed by atoms with Crippen LogP contribution < -0.4 is 10.5 Å². The summed E-state index contributed by atoms with van der Waals surface area (Å²) in [6.07, 6.45) is 2.96. The van der Waals surface area contributed by atoms with E-state index in [0.29, 0.717) is 11.3 Å². The van der Waals surface area contributed by atoms with Gasteiger partial charge >= 0.3 is 0 Å². The molecule has 0 aliphatic heterocycles. The molecule has 1 aromatic heterocycles. The lowest BCUT2D eigenvalue weighted by Gasteiger charge is -2.12. The van der Waals surface area contributed by atoms with Crippen molar-refractivity contribution in [2.24, 2.45) is 0 Å². The highest BCUT2D eigenvalue weighted by molar-refractivity contribution is 7.92. The van der Waals surface area contributed by atoms with E-state index in [1.807, 2.05) is 0 Å². The number of nitrogens with zero attached hydrogens (tertiary/aromatic N) is 1. The molecule has 0 amide bonds. The van der Waals surface area contributed by atoms with Gasteiger partial charge in [-0.2, -0.15) is 0 Å². The number of aryl methyl sites for hydroxylation is 1. The summed E-state index contributed by atoms with van der Waals surface area (Å²) in [5.41, 5.74) is 6.08. The van der Waals surface area contributed by atoms with Gasteiger partial charge < -0.3 is 5.73 Å². The molecule has 8 heteroatoms. The molecule has 1 heterocycles. The largest absolute Gasteiger partial charge is 0.396 e. The summed E-state index contributed by atoms with van der Waals surface area (Å²) in [5, 5.41) is -0.240. The Labute approximate surface area is 120 Å². The van der Waals surface area contributed by atoms with Gasteiger partial charge in [-0.05, 0) is 30.7 Å². The van der Waals surface area contributed by atoms with Gasteiger partial charge in [-0.25, -0.2) is 12.8 Å². The van der Waals surface area contributed by atoms with Crippen molar-refractivity contribution < 1.29 is 12.8 Å². The van der Waals surface area contributed by atoms with Crippen molar-refractivity contribution in [1.29, 1.82) is 0 Å². The normalized spacial score (nSPS) is 11.3. The number of benzene rings is 1. The van der Waals surface area contributed by atoms with Crippen molar-refractivity contribution in [3.63, 3.8) is 0 Å². The molecule has 0 atom stereocenters. The molecule has 2 aromatic rings. The molecule has 5 nitrogen and oxygen atoms in total. The Bertz CT molecular complexity index is 765. The second-order valence-corrected chi connectivity index (χ2v) is 6.16. The van der Waals surface area contributed by atoms with Crippen LogP contribution in [0, 0.1) is 12.7 Å². The van der Waals surface area contributed by atoms with Gasteiger partial charge in [0.1, 0.15) is 10.7 Å². The minimum absolute atomic E-state index is 0.240. The van der Waals surface area contributed by atoms with Gasteiger partial charge in [-0.3, -0.25) is 9.71 Å². The first-order valence-corrected chi connectivity index (χ1v) is 7.35. The molecule has 0 saturated heterocycles. The van der Waals surface area contributed by atoms with Crippen LogP contribution in [-0.4, -0.2) is 13.4 Å². The molecule has 0 fully saturated rings. The van der Waals surface area contributed by atoms with Crippen molar-refractivity contribution in [2.45, 2.75) is 11.8 Å². The summed E-state index contributed by atoms with van der Waals surface area (Å²) >= 11 is 5.76. The average molecular weight is 316 g/mol. The predicted molar refractivity (Wildman–Crippen MR) is 75.6 cm³/mol. The zero-order chi connectivity index (χ0) is 14.9. The second-order valence-electron chi connectivity index (χ2n) is 4.10. The molecule has 3 N–H and O–H groups in total. The molecule has 106 valence electrons. The van der Waals surface area contributed by atoms with Crippen molar-refractivity contribution in [1.82, 2.24) is 4.98 Å². The van der Waals surface area contributed by atoms with Gasteiger partial charge in [0.2, 0.25) is 0 Å². The van der Waals surface area contributed by atoms with E-state index in [0.717, 1.165) is 12.1 Å². The summed E-state index contributed by atoms with van der Waals surface area (Å²) in [7, 11) is -3.96. The topological polar surface area (TPSA) is 85.1 Å². The van der Waals surface area contributed by atoms with Crippen LogP contribution in [0.1, 0.15) is 5.56 Å². The number of nitrogens with two attached hydrogens (primary N) is 1. The van der Waals surface area contributed by atoms with E-state index in [4.69, 9.17) is 17.3 Å². The Hall–Kier alpha value is -1.86. The van der Waals surface area contributed by atoms with E-state index in [1.165, 1.54) is 18.5 Å². The van der Waals surface area contributed by atoms with Crippen LogP contribution in [0.4, 0.5) is 15.8 Å². The zero-order valence-corrected chi connectivity index (χ0v) is 12.0. The Morgan fingerprint density at radius 1 is 1.40 bits per heavy atom. The second kappa shape index (κ2) is 5.26. The molecule has 0 saturated carbocycles. The quantitative estimate of drug-likeness (QED) is 0.852. The van der Waals surface area contributed by atoms with E-state index in [1.54, 1.807) is 6.92 Å². The SMILES string of the molecule is Cc1cnccc1NS(=O)(=O)c1cc(N)c(F)cc1Cl. The number of rotatable bonds is 3. The number of nitrogen functional groups attached to an aromatic ring is 1. The maximum Gasteiger partial charge on any atom is 0.263 e. The highest BCUT2D eigenvalue weighted by atomic mass is 35.5. The summed E-state index contributed by atoms with van der Waals surface area (Å²) in [6, 6.07) is 3.36. The number of hydrogen-bond donors (Lipinski definition) is 2. The molecule has 0 aliphatic rings. The third-order valence-electron chi connectivity index (χ3n) is 2.61. The maximum atomic E-state index is 13.2. The highest BCUT2D eigenvalue weighted by Gasteiger charge is 2.20. The van der Waals surface area contributed by atoms with E-state index in [2.05, 4.69) is 9.71 Å². The van der Waals surface area contributed by atoms with Gasteiger partial charge in [-0.1, -0.05) is 11.6 Å². The minimum Gasteiger partial charge on any atom is -0.396 e. The first-order chi connectivity index (χ1) is 9.31. The Balaban J connectivity index is 2.47. The predicted octanol–water partition coefficient (Wildman–Crippen LogP) is 2.57. The number of pyridine rings is 1. The van der Waals surface area contributed by atoms with Crippen LogP contribution in [0.25, 0.3) is 0 Å². The summed E-state index contributed by atoms with van der Waals surface area (Å²) in [6.45, 7) is 1.70. The molecule has 0 bridgehead atoms. The fourth-order valence-corrected chi connectivity index (χ4v) is 3.22. The van der Waals surface area contributed by atoms with Crippen LogP contribution >= 0.6 is 11.6 Å².